The minimum absolute atomic E-state index is 0.0908. The second-order valence-electron chi connectivity index (χ2n) is 8.97. The van der Waals surface area contributed by atoms with Crippen LogP contribution in [0.3, 0.4) is 0 Å². The van der Waals surface area contributed by atoms with Crippen molar-refractivity contribution in [2.45, 2.75) is 24.6 Å². The van der Waals surface area contributed by atoms with E-state index in [9.17, 15) is 0 Å². The van der Waals surface area contributed by atoms with Gasteiger partial charge in [-0.05, 0) is 47.6 Å². The summed E-state index contributed by atoms with van der Waals surface area (Å²) in [5.41, 5.74) is 5.47. The molecule has 0 radical (unpaired) electrons. The largest absolute Gasteiger partial charge is 0.378 e. The van der Waals surface area contributed by atoms with Gasteiger partial charge in [0.2, 0.25) is 5.95 Å². The van der Waals surface area contributed by atoms with Gasteiger partial charge in [-0.1, -0.05) is 57.3 Å². The summed E-state index contributed by atoms with van der Waals surface area (Å²) in [5.74, 6) is 3.65. The van der Waals surface area contributed by atoms with Gasteiger partial charge in [-0.3, -0.25) is 0 Å². The van der Waals surface area contributed by atoms with Crippen molar-refractivity contribution < 1.29 is 4.74 Å². The average molecular weight is 605 g/mol. The van der Waals surface area contributed by atoms with E-state index >= 15 is 0 Å². The highest BCUT2D eigenvalue weighted by Gasteiger charge is 2.34. The van der Waals surface area contributed by atoms with Crippen molar-refractivity contribution in [3.8, 4) is 0 Å². The van der Waals surface area contributed by atoms with E-state index in [0.717, 1.165) is 63.8 Å². The van der Waals surface area contributed by atoms with Crippen LogP contribution in [0, 0.1) is 0 Å². The number of rotatable bonds is 4. The summed E-state index contributed by atoms with van der Waals surface area (Å²) in [6.07, 6.45) is 1.64. The van der Waals surface area contributed by atoms with Crippen LogP contribution in [-0.4, -0.2) is 47.7 Å². The number of ether oxygens (including phenoxy) is 1. The molecule has 4 heterocycles. The van der Waals surface area contributed by atoms with Crippen molar-refractivity contribution in [1.29, 1.82) is 0 Å². The molecule has 186 valence electrons. The summed E-state index contributed by atoms with van der Waals surface area (Å²) in [7, 11) is 0. The molecular formula is C26H24BrCl2N5OS. The van der Waals surface area contributed by atoms with E-state index in [1.165, 1.54) is 5.56 Å². The molecule has 1 fully saturated rings. The highest BCUT2D eigenvalue weighted by molar-refractivity contribution is 9.10. The number of hydrogen-bond acceptors (Lipinski definition) is 7. The zero-order valence-electron chi connectivity index (χ0n) is 19.5. The van der Waals surface area contributed by atoms with Crippen molar-refractivity contribution in [2.24, 2.45) is 5.10 Å². The zero-order valence-corrected chi connectivity index (χ0v) is 23.4. The van der Waals surface area contributed by atoms with Gasteiger partial charge in [0.25, 0.3) is 0 Å². The van der Waals surface area contributed by atoms with E-state index in [4.69, 9.17) is 43.0 Å². The molecule has 0 amide bonds. The summed E-state index contributed by atoms with van der Waals surface area (Å²) in [4.78, 5) is 12.6. The highest BCUT2D eigenvalue weighted by atomic mass is 79.9. The first-order chi connectivity index (χ1) is 17.6. The van der Waals surface area contributed by atoms with Gasteiger partial charge in [0, 0.05) is 35.3 Å². The predicted octanol–water partition coefficient (Wildman–Crippen LogP) is 6.53. The Balaban J connectivity index is 1.46. The fourth-order valence-electron chi connectivity index (χ4n) is 4.83. The number of nitrogens with zero attached hydrogens (tertiary/aromatic N) is 5. The summed E-state index contributed by atoms with van der Waals surface area (Å²) < 4.78 is 6.65. The van der Waals surface area contributed by atoms with Gasteiger partial charge in [-0.2, -0.15) is 21.8 Å². The maximum atomic E-state index is 6.43. The zero-order chi connectivity index (χ0) is 24.6. The number of morpholine rings is 1. The van der Waals surface area contributed by atoms with Crippen LogP contribution < -0.4 is 9.91 Å². The number of fused-ring (bicyclic) bond motifs is 1. The number of thioether (sulfide) groups is 1. The third kappa shape index (κ3) is 4.86. The summed E-state index contributed by atoms with van der Waals surface area (Å²) in [6, 6.07) is 14.0. The topological polar surface area (TPSA) is 53.9 Å². The van der Waals surface area contributed by atoms with Crippen molar-refractivity contribution in [3.63, 3.8) is 0 Å². The molecule has 0 aliphatic carbocycles. The molecule has 2 aromatic carbocycles. The Hall–Kier alpha value is -1.84. The minimum Gasteiger partial charge on any atom is -0.378 e. The van der Waals surface area contributed by atoms with Crippen LogP contribution in [0.25, 0.3) is 0 Å². The smallest absolute Gasteiger partial charge is 0.249 e. The molecule has 1 atom stereocenters. The van der Waals surface area contributed by atoms with Crippen molar-refractivity contribution in [3.05, 3.63) is 79.4 Å². The van der Waals surface area contributed by atoms with Gasteiger partial charge in [0.05, 0.1) is 40.7 Å². The second kappa shape index (κ2) is 10.5. The molecule has 3 aromatic rings. The SMILES string of the molecule is Clc1ccc(C2CC(c3ccc(Br)cc3)=NN2c2nc3c(c(N4CCOCC4)n2)CSCC3)cc1Cl. The van der Waals surface area contributed by atoms with Crippen LogP contribution in [0.2, 0.25) is 10.0 Å². The van der Waals surface area contributed by atoms with Crippen LogP contribution in [0.15, 0.2) is 52.0 Å². The monoisotopic (exact) mass is 603 g/mol. The molecule has 1 unspecified atom stereocenters. The Bertz CT molecular complexity index is 1320. The van der Waals surface area contributed by atoms with Gasteiger partial charge < -0.3 is 9.64 Å². The molecular weight excluding hydrogens is 581 g/mol. The van der Waals surface area contributed by atoms with Gasteiger partial charge in [-0.25, -0.2) is 9.99 Å². The van der Waals surface area contributed by atoms with E-state index in [2.05, 4.69) is 33.0 Å². The first-order valence-electron chi connectivity index (χ1n) is 11.9. The summed E-state index contributed by atoms with van der Waals surface area (Å²) in [6.45, 7) is 3.08. The number of aryl methyl sites for hydroxylation is 1. The number of hydrogen-bond donors (Lipinski definition) is 0. The lowest BCUT2D eigenvalue weighted by Gasteiger charge is -2.32. The minimum atomic E-state index is -0.0908. The molecule has 6 nitrogen and oxygen atoms in total. The maximum Gasteiger partial charge on any atom is 0.249 e. The fourth-order valence-corrected chi connectivity index (χ4v) is 6.38. The van der Waals surface area contributed by atoms with Crippen LogP contribution >= 0.6 is 50.9 Å². The molecule has 3 aliphatic rings. The fraction of sp³-hybridized carbons (Fsp3) is 0.346. The summed E-state index contributed by atoms with van der Waals surface area (Å²) >= 11 is 18.2. The van der Waals surface area contributed by atoms with Crippen LogP contribution in [0.4, 0.5) is 11.8 Å². The van der Waals surface area contributed by atoms with Crippen molar-refractivity contribution in [2.75, 3.05) is 42.0 Å². The Morgan fingerprint density at radius 2 is 1.81 bits per heavy atom. The quantitative estimate of drug-likeness (QED) is 0.338. The van der Waals surface area contributed by atoms with Gasteiger partial charge in [-0.15, -0.1) is 0 Å². The first-order valence-corrected chi connectivity index (χ1v) is 14.6. The Labute approximate surface area is 233 Å². The van der Waals surface area contributed by atoms with Crippen LogP contribution in [0.5, 0.6) is 0 Å². The van der Waals surface area contributed by atoms with Crippen molar-refractivity contribution in [1.82, 2.24) is 9.97 Å². The molecule has 0 bridgehead atoms. The van der Waals surface area contributed by atoms with Crippen LogP contribution in [-0.2, 0) is 16.9 Å². The number of hydrazone groups is 1. The lowest BCUT2D eigenvalue weighted by molar-refractivity contribution is 0.122. The summed E-state index contributed by atoms with van der Waals surface area (Å²) in [5, 5.41) is 8.13. The van der Waals surface area contributed by atoms with E-state index in [1.54, 1.807) is 0 Å². The van der Waals surface area contributed by atoms with E-state index in [1.807, 2.05) is 47.1 Å². The molecule has 1 saturated heterocycles. The lowest BCUT2D eigenvalue weighted by Crippen LogP contribution is -2.38. The lowest BCUT2D eigenvalue weighted by atomic mass is 9.98. The van der Waals surface area contributed by atoms with Crippen LogP contribution in [0.1, 0.15) is 34.8 Å². The standard InChI is InChI=1S/C26H24BrCl2N5OS/c27-18-4-1-16(2-5-18)23-14-24(17-3-6-20(28)21(29)13-17)34(32-23)26-30-22-7-12-36-15-19(22)25(31-26)33-8-10-35-11-9-33/h1-6,13,24H,7-12,14-15H2. The number of halogens is 3. The molecule has 1 aromatic heterocycles. The maximum absolute atomic E-state index is 6.43. The third-order valence-electron chi connectivity index (χ3n) is 6.72. The number of benzene rings is 2. The van der Waals surface area contributed by atoms with Gasteiger partial charge in [0.15, 0.2) is 0 Å². The molecule has 6 rings (SSSR count). The first kappa shape index (κ1) is 24.5. The molecule has 3 aliphatic heterocycles. The molecule has 0 N–H and O–H groups in total. The number of anilines is 2. The highest BCUT2D eigenvalue weighted by Crippen LogP contribution is 2.40. The van der Waals surface area contributed by atoms with Gasteiger partial charge in [0.1, 0.15) is 5.82 Å². The Morgan fingerprint density at radius 3 is 2.58 bits per heavy atom. The number of aromatic nitrogens is 2. The molecule has 0 spiro atoms. The Kier molecular flexibility index (Phi) is 7.14. The second-order valence-corrected chi connectivity index (χ2v) is 11.8. The van der Waals surface area contributed by atoms with E-state index < -0.39 is 0 Å². The molecule has 36 heavy (non-hydrogen) atoms. The van der Waals surface area contributed by atoms with Crippen molar-refractivity contribution >= 4 is 68.4 Å². The van der Waals surface area contributed by atoms with E-state index in [-0.39, 0.29) is 6.04 Å². The predicted molar refractivity (Wildman–Crippen MR) is 152 cm³/mol. The normalized spacial score (nSPS) is 19.9. The van der Waals surface area contributed by atoms with Gasteiger partial charge >= 0.3 is 0 Å². The third-order valence-corrected chi connectivity index (χ3v) is 8.97. The Morgan fingerprint density at radius 1 is 1.00 bits per heavy atom. The molecule has 0 saturated carbocycles. The molecule has 10 heteroatoms. The average Bonchev–Trinajstić information content (AvgIpc) is 3.36. The van der Waals surface area contributed by atoms with E-state index in [0.29, 0.717) is 35.6 Å².